The molecule has 9 heteroatoms. The Hall–Kier alpha value is -2.97. The summed E-state index contributed by atoms with van der Waals surface area (Å²) in [4.78, 5) is 26.4. The summed E-state index contributed by atoms with van der Waals surface area (Å²) < 4.78 is 6.73. The van der Waals surface area contributed by atoms with E-state index in [1.165, 1.54) is 0 Å². The number of aromatic nitrogens is 4. The van der Waals surface area contributed by atoms with Gasteiger partial charge in [0, 0.05) is 6.54 Å². The Balaban J connectivity index is 1.84. The Morgan fingerprint density at radius 1 is 1.24 bits per heavy atom. The van der Waals surface area contributed by atoms with Crippen LogP contribution in [0, 0.1) is 0 Å². The number of nitrogens with zero attached hydrogens (tertiary/aromatic N) is 5. The van der Waals surface area contributed by atoms with Crippen molar-refractivity contribution in [2.45, 2.75) is 38.9 Å². The number of methoxy groups -OCH3 is 1. The Morgan fingerprint density at radius 2 is 1.96 bits per heavy atom. The second-order valence-corrected chi connectivity index (χ2v) is 5.99. The first-order valence-corrected chi connectivity index (χ1v) is 8.03. The van der Waals surface area contributed by atoms with Gasteiger partial charge in [-0.15, -0.1) is 5.10 Å². The SMILES string of the molecule is CCCn1nnnc1CN1C(=O)N[C@](C)(c2ccc(OC)cc2)C1=O. The largest absolute Gasteiger partial charge is 0.497 e. The monoisotopic (exact) mass is 344 g/mol. The van der Waals surface area contributed by atoms with Crippen molar-refractivity contribution in [3.8, 4) is 5.75 Å². The molecule has 9 nitrogen and oxygen atoms in total. The highest BCUT2D eigenvalue weighted by Crippen LogP contribution is 2.30. The molecule has 3 amide bonds. The standard InChI is InChI=1S/C16H20N6O3/c1-4-9-22-13(18-19-20-22)10-21-14(23)16(2,17-15(21)24)11-5-7-12(25-3)8-6-11/h5-8H,4,9-10H2,1-3H3,(H,17,24)/t16-/m1/s1. The molecule has 1 aromatic carbocycles. The van der Waals surface area contributed by atoms with Gasteiger partial charge in [-0.2, -0.15) is 0 Å². The first-order chi connectivity index (χ1) is 12.0. The van der Waals surface area contributed by atoms with Crippen LogP contribution in [0.5, 0.6) is 5.75 Å². The topological polar surface area (TPSA) is 102 Å². The summed E-state index contributed by atoms with van der Waals surface area (Å²) >= 11 is 0. The second-order valence-electron chi connectivity index (χ2n) is 5.99. The highest BCUT2D eigenvalue weighted by molar-refractivity contribution is 6.07. The van der Waals surface area contributed by atoms with Crippen molar-refractivity contribution in [3.05, 3.63) is 35.7 Å². The molecule has 0 radical (unpaired) electrons. The number of imide groups is 1. The lowest BCUT2D eigenvalue weighted by Gasteiger charge is -2.22. The van der Waals surface area contributed by atoms with E-state index < -0.39 is 11.6 Å². The molecule has 1 atom stereocenters. The molecular formula is C16H20N6O3. The van der Waals surface area contributed by atoms with Crippen LogP contribution in [0.15, 0.2) is 24.3 Å². The van der Waals surface area contributed by atoms with Crippen LogP contribution in [0.25, 0.3) is 0 Å². The van der Waals surface area contributed by atoms with E-state index in [9.17, 15) is 9.59 Å². The van der Waals surface area contributed by atoms with Crippen molar-refractivity contribution in [2.24, 2.45) is 0 Å². The number of urea groups is 1. The van der Waals surface area contributed by atoms with Gasteiger partial charge in [0.1, 0.15) is 11.3 Å². The third-order valence-corrected chi connectivity index (χ3v) is 4.28. The molecule has 0 spiro atoms. The number of amides is 3. The highest BCUT2D eigenvalue weighted by atomic mass is 16.5. The minimum absolute atomic E-state index is 0.0312. The average molecular weight is 344 g/mol. The molecule has 0 aliphatic carbocycles. The van der Waals surface area contributed by atoms with Crippen molar-refractivity contribution in [2.75, 3.05) is 7.11 Å². The van der Waals surface area contributed by atoms with E-state index in [1.807, 2.05) is 6.92 Å². The zero-order valence-electron chi connectivity index (χ0n) is 14.4. The molecule has 1 saturated heterocycles. The van der Waals surface area contributed by atoms with Gasteiger partial charge in [0.15, 0.2) is 5.82 Å². The summed E-state index contributed by atoms with van der Waals surface area (Å²) in [5.41, 5.74) is -0.450. The summed E-state index contributed by atoms with van der Waals surface area (Å²) in [6.07, 6.45) is 0.849. The number of carbonyl (C=O) groups excluding carboxylic acids is 2. The predicted molar refractivity (Wildman–Crippen MR) is 87.5 cm³/mol. The quantitative estimate of drug-likeness (QED) is 0.786. The van der Waals surface area contributed by atoms with Crippen LogP contribution in [-0.2, 0) is 23.4 Å². The summed E-state index contributed by atoms with van der Waals surface area (Å²) in [5.74, 6) is 0.817. The van der Waals surface area contributed by atoms with Crippen molar-refractivity contribution in [3.63, 3.8) is 0 Å². The number of aryl methyl sites for hydroxylation is 1. The number of benzene rings is 1. The minimum Gasteiger partial charge on any atom is -0.497 e. The molecule has 1 N–H and O–H groups in total. The smallest absolute Gasteiger partial charge is 0.325 e. The minimum atomic E-state index is -1.13. The first-order valence-electron chi connectivity index (χ1n) is 8.03. The maximum absolute atomic E-state index is 12.9. The van der Waals surface area contributed by atoms with E-state index in [2.05, 4.69) is 20.8 Å². The summed E-state index contributed by atoms with van der Waals surface area (Å²) in [7, 11) is 1.57. The van der Waals surface area contributed by atoms with Crippen LogP contribution in [0.2, 0.25) is 0 Å². The van der Waals surface area contributed by atoms with Crippen molar-refractivity contribution < 1.29 is 14.3 Å². The van der Waals surface area contributed by atoms with Gasteiger partial charge in [0.05, 0.1) is 13.7 Å². The summed E-state index contributed by atoms with van der Waals surface area (Å²) in [5, 5.41) is 14.2. The van der Waals surface area contributed by atoms with Gasteiger partial charge in [-0.25, -0.2) is 9.48 Å². The van der Waals surface area contributed by atoms with Crippen molar-refractivity contribution in [1.29, 1.82) is 0 Å². The lowest BCUT2D eigenvalue weighted by Crippen LogP contribution is -2.40. The average Bonchev–Trinajstić information content (AvgIpc) is 3.14. The van der Waals surface area contributed by atoms with Gasteiger partial charge in [0.25, 0.3) is 5.91 Å². The molecule has 0 bridgehead atoms. The Bertz CT molecular complexity index is 787. The first kappa shape index (κ1) is 16.9. The summed E-state index contributed by atoms with van der Waals surface area (Å²) in [6, 6.07) is 6.58. The lowest BCUT2D eigenvalue weighted by molar-refractivity contribution is -0.131. The number of hydrogen-bond donors (Lipinski definition) is 1. The highest BCUT2D eigenvalue weighted by Gasteiger charge is 2.49. The zero-order valence-corrected chi connectivity index (χ0v) is 14.4. The van der Waals surface area contributed by atoms with E-state index >= 15 is 0 Å². The van der Waals surface area contributed by atoms with Gasteiger partial charge in [0.2, 0.25) is 0 Å². The zero-order chi connectivity index (χ0) is 18.0. The molecule has 0 saturated carbocycles. The van der Waals surface area contributed by atoms with Gasteiger partial charge in [-0.3, -0.25) is 9.69 Å². The number of tetrazole rings is 1. The molecule has 25 heavy (non-hydrogen) atoms. The number of carbonyl (C=O) groups is 2. The molecule has 1 fully saturated rings. The third kappa shape index (κ3) is 2.92. The molecule has 2 aromatic rings. The van der Waals surface area contributed by atoms with Gasteiger partial charge < -0.3 is 10.1 Å². The fourth-order valence-electron chi connectivity index (χ4n) is 2.82. The molecule has 1 aliphatic rings. The van der Waals surface area contributed by atoms with E-state index in [4.69, 9.17) is 4.74 Å². The molecule has 2 heterocycles. The maximum Gasteiger partial charge on any atom is 0.325 e. The normalized spacial score (nSPS) is 20.0. The number of rotatable bonds is 6. The van der Waals surface area contributed by atoms with Gasteiger partial charge >= 0.3 is 6.03 Å². The van der Waals surface area contributed by atoms with Crippen LogP contribution in [-0.4, -0.2) is 44.2 Å². The third-order valence-electron chi connectivity index (χ3n) is 4.28. The lowest BCUT2D eigenvalue weighted by atomic mass is 9.92. The van der Waals surface area contributed by atoms with Crippen LogP contribution >= 0.6 is 0 Å². The maximum atomic E-state index is 12.9. The van der Waals surface area contributed by atoms with Gasteiger partial charge in [-0.1, -0.05) is 19.1 Å². The molecule has 132 valence electrons. The fraction of sp³-hybridized carbons (Fsp3) is 0.438. The fourth-order valence-corrected chi connectivity index (χ4v) is 2.82. The van der Waals surface area contributed by atoms with Crippen LogP contribution in [0.1, 0.15) is 31.7 Å². The molecule has 0 unspecified atom stereocenters. The Labute approximate surface area is 144 Å². The van der Waals surface area contributed by atoms with E-state index in [1.54, 1.807) is 43.0 Å². The second kappa shape index (κ2) is 6.50. The molecule has 3 rings (SSSR count). The molecule has 1 aliphatic heterocycles. The summed E-state index contributed by atoms with van der Waals surface area (Å²) in [6.45, 7) is 4.34. The molecule has 1 aromatic heterocycles. The van der Waals surface area contributed by atoms with Crippen LogP contribution < -0.4 is 10.1 Å². The van der Waals surface area contributed by atoms with Crippen LogP contribution in [0.4, 0.5) is 4.79 Å². The number of ether oxygens (including phenoxy) is 1. The number of nitrogens with one attached hydrogen (secondary N) is 1. The molecular weight excluding hydrogens is 324 g/mol. The van der Waals surface area contributed by atoms with Crippen molar-refractivity contribution in [1.82, 2.24) is 30.4 Å². The Morgan fingerprint density at radius 3 is 2.60 bits per heavy atom. The van der Waals surface area contributed by atoms with E-state index in [0.29, 0.717) is 23.7 Å². The predicted octanol–water partition coefficient (Wildman–Crippen LogP) is 1.06. The van der Waals surface area contributed by atoms with Gasteiger partial charge in [-0.05, 0) is 41.5 Å². The van der Waals surface area contributed by atoms with Crippen LogP contribution in [0.3, 0.4) is 0 Å². The number of hydrogen-bond acceptors (Lipinski definition) is 6. The van der Waals surface area contributed by atoms with Crippen molar-refractivity contribution >= 4 is 11.9 Å². The van der Waals surface area contributed by atoms with E-state index in [0.717, 1.165) is 11.3 Å². The van der Waals surface area contributed by atoms with E-state index in [-0.39, 0.29) is 12.5 Å². The Kier molecular flexibility index (Phi) is 4.39.